The maximum atomic E-state index is 12.2. The monoisotopic (exact) mass is 335 g/mol. The summed E-state index contributed by atoms with van der Waals surface area (Å²) in [7, 11) is 0. The first-order valence-electron chi connectivity index (χ1n) is 8.81. The first-order chi connectivity index (χ1) is 11.0. The summed E-state index contributed by atoms with van der Waals surface area (Å²) in [5.41, 5.74) is 13.6. The maximum Gasteiger partial charge on any atom is 0.251 e. The highest BCUT2D eigenvalue weighted by atomic mass is 16.1. The van der Waals surface area contributed by atoms with Crippen LogP contribution in [0, 0.1) is 0 Å². The third-order valence-electron chi connectivity index (χ3n) is 3.65. The van der Waals surface area contributed by atoms with Crippen LogP contribution in [0.5, 0.6) is 0 Å². The largest absolute Gasteiger partial charge is 0.351 e. The van der Waals surface area contributed by atoms with Crippen LogP contribution in [0.4, 0.5) is 0 Å². The Morgan fingerprint density at radius 1 is 0.917 bits per heavy atom. The Morgan fingerprint density at radius 3 is 1.62 bits per heavy atom. The van der Waals surface area contributed by atoms with E-state index in [1.165, 1.54) is 11.1 Å². The van der Waals surface area contributed by atoms with Gasteiger partial charge in [-0.15, -0.1) is 0 Å². The Labute approximate surface area is 148 Å². The van der Waals surface area contributed by atoms with Crippen LogP contribution in [0.2, 0.25) is 0 Å². The molecular formula is C20H37N3O. The molecule has 0 heterocycles. The van der Waals surface area contributed by atoms with Crippen LogP contribution < -0.4 is 16.8 Å². The number of benzene rings is 1. The second kappa shape index (κ2) is 9.80. The highest BCUT2D eigenvalue weighted by Gasteiger charge is 2.22. The molecular weight excluding hydrogens is 298 g/mol. The standard InChI is InChI=1S/C17H28N2O.C3H9N/c1-16(2,3)13-9-12(15(20)19-8-7-18)10-14(11-13)17(4,5)6;1-2-3-4/h9-11H,7-8,18H2,1-6H3,(H,19,20);2-4H2,1H3. The minimum absolute atomic E-state index is 0.0180. The van der Waals surface area contributed by atoms with Gasteiger partial charge in [0.2, 0.25) is 0 Å². The molecule has 0 aliphatic carbocycles. The van der Waals surface area contributed by atoms with Crippen LogP contribution in [0.15, 0.2) is 18.2 Å². The van der Waals surface area contributed by atoms with Crippen LogP contribution in [0.1, 0.15) is 76.4 Å². The van der Waals surface area contributed by atoms with E-state index in [0.29, 0.717) is 13.1 Å². The Hall–Kier alpha value is -1.39. The molecule has 24 heavy (non-hydrogen) atoms. The van der Waals surface area contributed by atoms with Crippen molar-refractivity contribution in [2.24, 2.45) is 11.5 Å². The van der Waals surface area contributed by atoms with Crippen LogP contribution in [-0.2, 0) is 10.8 Å². The minimum Gasteiger partial charge on any atom is -0.351 e. The second-order valence-corrected chi connectivity index (χ2v) is 8.13. The van der Waals surface area contributed by atoms with E-state index in [0.717, 1.165) is 18.5 Å². The zero-order valence-electron chi connectivity index (χ0n) is 16.6. The van der Waals surface area contributed by atoms with Crippen LogP contribution in [-0.4, -0.2) is 25.5 Å². The Morgan fingerprint density at radius 2 is 1.33 bits per heavy atom. The Balaban J connectivity index is 0.00000118. The molecule has 4 nitrogen and oxygen atoms in total. The zero-order chi connectivity index (χ0) is 19.0. The number of hydrogen-bond donors (Lipinski definition) is 3. The van der Waals surface area contributed by atoms with Crippen LogP contribution in [0.3, 0.4) is 0 Å². The molecule has 1 amide bonds. The summed E-state index contributed by atoms with van der Waals surface area (Å²) in [5, 5.41) is 2.84. The van der Waals surface area contributed by atoms with Gasteiger partial charge in [-0.05, 0) is 47.1 Å². The molecule has 0 atom stereocenters. The molecule has 1 aromatic rings. The maximum absolute atomic E-state index is 12.2. The van der Waals surface area contributed by atoms with Crippen LogP contribution >= 0.6 is 0 Å². The fraction of sp³-hybridized carbons (Fsp3) is 0.650. The lowest BCUT2D eigenvalue weighted by Crippen LogP contribution is -2.29. The average Bonchev–Trinajstić information content (AvgIpc) is 2.50. The minimum atomic E-state index is -0.0490. The molecule has 138 valence electrons. The second-order valence-electron chi connectivity index (χ2n) is 8.13. The number of nitrogens with two attached hydrogens (primary N) is 2. The molecule has 0 spiro atoms. The van der Waals surface area contributed by atoms with Gasteiger partial charge in [-0.2, -0.15) is 0 Å². The molecule has 0 aliphatic rings. The Kier molecular flexibility index (Phi) is 9.23. The predicted molar refractivity (Wildman–Crippen MR) is 105 cm³/mol. The van der Waals surface area contributed by atoms with Crippen molar-refractivity contribution in [3.63, 3.8) is 0 Å². The normalized spacial score (nSPS) is 11.5. The van der Waals surface area contributed by atoms with E-state index >= 15 is 0 Å². The molecule has 0 unspecified atom stereocenters. The van der Waals surface area contributed by atoms with Crippen molar-refractivity contribution < 1.29 is 4.79 Å². The van der Waals surface area contributed by atoms with E-state index in [1.807, 2.05) is 12.1 Å². The van der Waals surface area contributed by atoms with Crippen molar-refractivity contribution in [1.82, 2.24) is 5.32 Å². The summed E-state index contributed by atoms with van der Waals surface area (Å²) in [6, 6.07) is 6.18. The fourth-order valence-corrected chi connectivity index (χ4v) is 1.91. The van der Waals surface area contributed by atoms with E-state index in [4.69, 9.17) is 11.5 Å². The summed E-state index contributed by atoms with van der Waals surface area (Å²) < 4.78 is 0. The number of carbonyl (C=O) groups is 1. The van der Waals surface area contributed by atoms with E-state index in [1.54, 1.807) is 0 Å². The quantitative estimate of drug-likeness (QED) is 0.789. The third kappa shape index (κ3) is 7.93. The number of hydrogen-bond acceptors (Lipinski definition) is 3. The lowest BCUT2D eigenvalue weighted by atomic mass is 9.79. The van der Waals surface area contributed by atoms with Gasteiger partial charge in [0, 0.05) is 18.7 Å². The lowest BCUT2D eigenvalue weighted by Gasteiger charge is -2.26. The van der Waals surface area contributed by atoms with Gasteiger partial charge in [0.25, 0.3) is 5.91 Å². The summed E-state index contributed by atoms with van der Waals surface area (Å²) in [6.07, 6.45) is 1.10. The molecule has 5 N–H and O–H groups in total. The average molecular weight is 336 g/mol. The summed E-state index contributed by atoms with van der Waals surface area (Å²) in [4.78, 5) is 12.2. The van der Waals surface area contributed by atoms with Crippen molar-refractivity contribution in [3.05, 3.63) is 34.9 Å². The molecule has 0 aromatic heterocycles. The van der Waals surface area contributed by atoms with E-state index < -0.39 is 0 Å². The van der Waals surface area contributed by atoms with Gasteiger partial charge in [0.05, 0.1) is 0 Å². The van der Waals surface area contributed by atoms with Crippen molar-refractivity contribution in [1.29, 1.82) is 0 Å². The predicted octanol–water partition coefficient (Wildman–Crippen LogP) is 3.33. The van der Waals surface area contributed by atoms with Gasteiger partial charge < -0.3 is 16.8 Å². The van der Waals surface area contributed by atoms with Crippen molar-refractivity contribution in [3.8, 4) is 0 Å². The van der Waals surface area contributed by atoms with E-state index in [9.17, 15) is 4.79 Å². The topological polar surface area (TPSA) is 81.1 Å². The first kappa shape index (κ1) is 22.6. The van der Waals surface area contributed by atoms with Crippen LogP contribution in [0.25, 0.3) is 0 Å². The SMILES string of the molecule is CC(C)(C)c1cc(C(=O)NCCN)cc(C(C)(C)C)c1.CCCN. The van der Waals surface area contributed by atoms with Gasteiger partial charge in [-0.25, -0.2) is 0 Å². The highest BCUT2D eigenvalue weighted by Crippen LogP contribution is 2.30. The number of nitrogens with one attached hydrogen (secondary N) is 1. The summed E-state index contributed by atoms with van der Waals surface area (Å²) >= 11 is 0. The molecule has 0 bridgehead atoms. The molecule has 0 radical (unpaired) electrons. The van der Waals surface area contributed by atoms with Gasteiger partial charge >= 0.3 is 0 Å². The van der Waals surface area contributed by atoms with Crippen molar-refractivity contribution in [2.75, 3.05) is 19.6 Å². The van der Waals surface area contributed by atoms with Gasteiger partial charge in [0.15, 0.2) is 0 Å². The molecule has 1 rings (SSSR count). The molecule has 4 heteroatoms. The van der Waals surface area contributed by atoms with E-state index in [-0.39, 0.29) is 16.7 Å². The van der Waals surface area contributed by atoms with E-state index in [2.05, 4.69) is 59.8 Å². The van der Waals surface area contributed by atoms with Gasteiger partial charge in [-0.3, -0.25) is 4.79 Å². The fourth-order valence-electron chi connectivity index (χ4n) is 1.91. The van der Waals surface area contributed by atoms with Gasteiger partial charge in [-0.1, -0.05) is 54.5 Å². The van der Waals surface area contributed by atoms with Crippen molar-refractivity contribution in [2.45, 2.75) is 65.7 Å². The molecule has 0 saturated carbocycles. The summed E-state index contributed by atoms with van der Waals surface area (Å²) in [6.45, 7) is 16.8. The van der Waals surface area contributed by atoms with Crippen molar-refractivity contribution >= 4 is 5.91 Å². The third-order valence-corrected chi connectivity index (χ3v) is 3.65. The highest BCUT2D eigenvalue weighted by molar-refractivity contribution is 5.94. The molecule has 0 fully saturated rings. The smallest absolute Gasteiger partial charge is 0.251 e. The number of amides is 1. The lowest BCUT2D eigenvalue weighted by molar-refractivity contribution is 0.0954. The molecule has 0 saturated heterocycles. The summed E-state index contributed by atoms with van der Waals surface area (Å²) in [5.74, 6) is -0.0490. The number of rotatable bonds is 4. The van der Waals surface area contributed by atoms with Gasteiger partial charge in [0.1, 0.15) is 0 Å². The Bertz CT molecular complexity index is 476. The molecule has 0 aliphatic heterocycles. The molecule has 1 aromatic carbocycles. The number of carbonyl (C=O) groups excluding carboxylic acids is 1. The zero-order valence-corrected chi connectivity index (χ0v) is 16.6. The first-order valence-corrected chi connectivity index (χ1v) is 8.81.